The van der Waals surface area contributed by atoms with Gasteiger partial charge >= 0.3 is 12.0 Å². The van der Waals surface area contributed by atoms with Gasteiger partial charge in [-0.3, -0.25) is 4.90 Å². The van der Waals surface area contributed by atoms with E-state index in [1.165, 1.54) is 18.5 Å². The minimum atomic E-state index is -0.976. The third kappa shape index (κ3) is 5.14. The zero-order chi connectivity index (χ0) is 37.0. The van der Waals surface area contributed by atoms with Crippen LogP contribution in [0.3, 0.4) is 0 Å². The molecule has 4 aliphatic heterocycles. The number of likely N-dealkylation sites (tertiary alicyclic amines) is 1. The fourth-order valence-electron chi connectivity index (χ4n) is 9.00. The number of nitrogens with zero attached hydrogens (tertiary/aromatic N) is 9. The summed E-state index contributed by atoms with van der Waals surface area (Å²) >= 11 is 13.7. The quantitative estimate of drug-likeness (QED) is 0.206. The molecular weight excluding hydrogens is 752 g/mol. The number of fused-ring (bicyclic) bond motifs is 3. The fraction of sp³-hybridized carbons (Fsp3) is 0.429. The number of halogens is 5. The Morgan fingerprint density at radius 1 is 1.21 bits per heavy atom. The molecule has 53 heavy (non-hydrogen) atoms. The van der Waals surface area contributed by atoms with Gasteiger partial charge in [0.05, 0.1) is 26.4 Å². The van der Waals surface area contributed by atoms with Gasteiger partial charge in [0.15, 0.2) is 5.82 Å². The Hall–Kier alpha value is -4.43. The summed E-state index contributed by atoms with van der Waals surface area (Å²) in [7, 11) is 0. The highest BCUT2D eigenvalue weighted by molar-refractivity contribution is 7.23. The molecule has 9 rings (SSSR count). The van der Waals surface area contributed by atoms with Gasteiger partial charge in [-0.2, -0.15) is 19.9 Å². The van der Waals surface area contributed by atoms with Crippen LogP contribution in [0.25, 0.3) is 32.1 Å². The number of ether oxygens (including phenoxy) is 1. The average molecular weight is 784 g/mol. The summed E-state index contributed by atoms with van der Waals surface area (Å²) in [5.41, 5.74) is 5.00. The maximum atomic E-state index is 17.2. The van der Waals surface area contributed by atoms with Crippen molar-refractivity contribution in [3.63, 3.8) is 0 Å². The van der Waals surface area contributed by atoms with Crippen LogP contribution < -0.4 is 15.4 Å². The molecule has 5 aromatic rings. The molecule has 1 amide bonds. The smallest absolute Gasteiger partial charge is 0.346 e. The third-order valence-electron chi connectivity index (χ3n) is 11.7. The standard InChI is InChI=1S/C35H31Cl2F3N10O2S/c1-17-12-49(33(51)50-16-43-31(37)46-50)35(17)6-8-47(14-35)30-20-9-22(36)25(19-3-4-23(39)28-24(19)21(11-41)29(42)53-28)26(40)27(20)44-32(45-30)52-15-34-5-2-7-48(34)13-18(38)10-34/h3-4,9,16-18H,2,5-8,10,12-15,42H2,1H3/t17-,18+,34-,35-/m0/s1. The highest BCUT2D eigenvalue weighted by Gasteiger charge is 2.57. The summed E-state index contributed by atoms with van der Waals surface area (Å²) in [6.07, 6.45) is 2.86. The second-order valence-corrected chi connectivity index (χ2v) is 16.2. The highest BCUT2D eigenvalue weighted by Crippen LogP contribution is 2.49. The molecule has 7 heterocycles. The molecular formula is C35H31Cl2F3N10O2S. The Bertz CT molecular complexity index is 2410. The van der Waals surface area contributed by atoms with E-state index in [-0.39, 0.29) is 72.2 Å². The third-order valence-corrected chi connectivity index (χ3v) is 13.2. The molecule has 4 atom stereocenters. The maximum Gasteiger partial charge on any atom is 0.346 e. The molecule has 4 fully saturated rings. The molecule has 0 aliphatic carbocycles. The SMILES string of the molecule is C[C@H]1CN(C(=O)n2cnc(Cl)n2)[C@]12CCN(c1nc(OC[C@@]34CCCN3C[C@H](F)C4)nc3c(F)c(-c4ccc(F)c5sc(N)c(C#N)c45)c(Cl)cc13)C2. The number of nitrogen functional groups attached to an aromatic ring is 1. The maximum absolute atomic E-state index is 17.2. The van der Waals surface area contributed by atoms with E-state index in [1.54, 1.807) is 11.0 Å². The Labute approximate surface area is 314 Å². The number of hydrogen-bond donors (Lipinski definition) is 1. The van der Waals surface area contributed by atoms with Gasteiger partial charge < -0.3 is 20.3 Å². The van der Waals surface area contributed by atoms with E-state index < -0.39 is 28.9 Å². The molecule has 4 aliphatic rings. The first-order valence-corrected chi connectivity index (χ1v) is 18.8. The van der Waals surface area contributed by atoms with E-state index in [0.717, 1.165) is 35.4 Å². The second-order valence-electron chi connectivity index (χ2n) is 14.4. The molecule has 3 aromatic heterocycles. The zero-order valence-corrected chi connectivity index (χ0v) is 30.6. The van der Waals surface area contributed by atoms with Crippen LogP contribution in [0.4, 0.5) is 28.8 Å². The molecule has 18 heteroatoms. The van der Waals surface area contributed by atoms with Crippen molar-refractivity contribution in [1.29, 1.82) is 5.26 Å². The molecule has 274 valence electrons. The number of amides is 1. The second kappa shape index (κ2) is 12.3. The van der Waals surface area contributed by atoms with Crippen LogP contribution in [-0.4, -0.2) is 97.1 Å². The summed E-state index contributed by atoms with van der Waals surface area (Å²) in [5, 5.41) is 14.4. The lowest BCUT2D eigenvalue weighted by atomic mass is 9.74. The molecule has 0 unspecified atom stereocenters. The van der Waals surface area contributed by atoms with Crippen LogP contribution in [0.5, 0.6) is 6.01 Å². The number of nitriles is 1. The van der Waals surface area contributed by atoms with Crippen molar-refractivity contribution in [2.24, 2.45) is 5.92 Å². The lowest BCUT2D eigenvalue weighted by Gasteiger charge is -2.55. The molecule has 2 N–H and O–H groups in total. The first-order valence-electron chi connectivity index (χ1n) is 17.2. The van der Waals surface area contributed by atoms with Gasteiger partial charge in [-0.25, -0.2) is 22.9 Å². The number of aromatic nitrogens is 5. The lowest BCUT2D eigenvalue weighted by Crippen LogP contribution is -2.70. The molecule has 0 bridgehead atoms. The number of carbonyl (C=O) groups excluding carboxylic acids is 1. The van der Waals surface area contributed by atoms with Crippen molar-refractivity contribution in [2.75, 3.05) is 50.0 Å². The normalized spacial score (nSPS) is 25.5. The van der Waals surface area contributed by atoms with Gasteiger partial charge in [0.25, 0.3) is 0 Å². The van der Waals surface area contributed by atoms with Crippen molar-refractivity contribution >= 4 is 72.4 Å². The number of thiophene rings is 1. The van der Waals surface area contributed by atoms with Crippen molar-refractivity contribution in [3.05, 3.63) is 52.0 Å². The van der Waals surface area contributed by atoms with Crippen LogP contribution in [0.2, 0.25) is 10.3 Å². The van der Waals surface area contributed by atoms with Gasteiger partial charge in [0.1, 0.15) is 47.3 Å². The monoisotopic (exact) mass is 782 g/mol. The van der Waals surface area contributed by atoms with Crippen LogP contribution in [-0.2, 0) is 0 Å². The number of rotatable bonds is 5. The van der Waals surface area contributed by atoms with Crippen molar-refractivity contribution in [2.45, 2.75) is 49.9 Å². The van der Waals surface area contributed by atoms with Crippen molar-refractivity contribution in [1.82, 2.24) is 34.5 Å². The minimum Gasteiger partial charge on any atom is -0.461 e. The Balaban J connectivity index is 1.16. The van der Waals surface area contributed by atoms with Crippen LogP contribution in [0.1, 0.15) is 38.2 Å². The largest absolute Gasteiger partial charge is 0.461 e. The van der Waals surface area contributed by atoms with Crippen molar-refractivity contribution < 1.29 is 22.7 Å². The molecule has 4 saturated heterocycles. The average Bonchev–Trinajstić information content (AvgIpc) is 3.96. The minimum absolute atomic E-state index is 0.0127. The van der Waals surface area contributed by atoms with Gasteiger partial charge in [0.2, 0.25) is 5.28 Å². The number of hydrogen-bond acceptors (Lipinski definition) is 11. The zero-order valence-electron chi connectivity index (χ0n) is 28.3. The first kappa shape index (κ1) is 34.3. The fourth-order valence-corrected chi connectivity index (χ4v) is 10.4. The van der Waals surface area contributed by atoms with Crippen LogP contribution in [0.15, 0.2) is 24.5 Å². The summed E-state index contributed by atoms with van der Waals surface area (Å²) in [5.74, 6) is -0.960. The lowest BCUT2D eigenvalue weighted by molar-refractivity contribution is -0.0201. The van der Waals surface area contributed by atoms with E-state index in [0.29, 0.717) is 50.2 Å². The van der Waals surface area contributed by atoms with E-state index in [2.05, 4.69) is 26.9 Å². The highest BCUT2D eigenvalue weighted by atomic mass is 35.5. The van der Waals surface area contributed by atoms with E-state index in [1.807, 2.05) is 11.0 Å². The Kier molecular flexibility index (Phi) is 7.97. The van der Waals surface area contributed by atoms with E-state index >= 15 is 4.39 Å². The van der Waals surface area contributed by atoms with Crippen molar-refractivity contribution in [3.8, 4) is 23.2 Å². The topological polar surface area (TPSA) is 142 Å². The molecule has 0 radical (unpaired) electrons. The van der Waals surface area contributed by atoms with Gasteiger partial charge in [-0.05, 0) is 61.0 Å². The molecule has 12 nitrogen and oxygen atoms in total. The summed E-state index contributed by atoms with van der Waals surface area (Å²) in [6.45, 7) is 4.58. The predicted octanol–water partition coefficient (Wildman–Crippen LogP) is 6.67. The Morgan fingerprint density at radius 3 is 2.79 bits per heavy atom. The van der Waals surface area contributed by atoms with E-state index in [9.17, 15) is 18.8 Å². The van der Waals surface area contributed by atoms with Gasteiger partial charge in [0, 0.05) is 48.9 Å². The van der Waals surface area contributed by atoms with Gasteiger partial charge in [-0.1, -0.05) is 24.6 Å². The summed E-state index contributed by atoms with van der Waals surface area (Å²) in [4.78, 5) is 32.6. The molecule has 0 saturated carbocycles. The van der Waals surface area contributed by atoms with E-state index in [4.69, 9.17) is 38.7 Å². The first-order chi connectivity index (χ1) is 25.4. The summed E-state index contributed by atoms with van der Waals surface area (Å²) < 4.78 is 54.3. The van der Waals surface area contributed by atoms with Crippen LogP contribution >= 0.6 is 34.5 Å². The number of benzene rings is 2. The number of alkyl halides is 1. The number of anilines is 2. The molecule has 2 aromatic carbocycles. The predicted molar refractivity (Wildman–Crippen MR) is 194 cm³/mol. The van der Waals surface area contributed by atoms with Gasteiger partial charge in [-0.15, -0.1) is 16.4 Å². The summed E-state index contributed by atoms with van der Waals surface area (Å²) in [6, 6.07) is 5.68. The molecule has 1 spiro atoms. The number of nitrogens with two attached hydrogens (primary N) is 1. The van der Waals surface area contributed by atoms with Crippen LogP contribution in [0, 0.1) is 28.9 Å². The Morgan fingerprint density at radius 2 is 2.04 bits per heavy atom. The number of carbonyl (C=O) groups is 1.